The number of aryl methyl sites for hydroxylation is 2. The van der Waals surface area contributed by atoms with Gasteiger partial charge in [0.05, 0.1) is 0 Å². The lowest BCUT2D eigenvalue weighted by Gasteiger charge is -2.19. The Morgan fingerprint density at radius 3 is 2.95 bits per heavy atom. The van der Waals surface area contributed by atoms with Crippen LogP contribution in [0.4, 0.5) is 15.8 Å². The largest absolute Gasteiger partial charge is 0.385 e. The Balaban J connectivity index is 1.83. The lowest BCUT2D eigenvalue weighted by Crippen LogP contribution is -2.15. The summed E-state index contributed by atoms with van der Waals surface area (Å²) in [4.78, 5) is 12.3. The Morgan fingerprint density at radius 2 is 2.10 bits per heavy atom. The molecule has 1 aliphatic heterocycles. The van der Waals surface area contributed by atoms with E-state index in [1.807, 2.05) is 18.2 Å². The van der Waals surface area contributed by atoms with Crippen LogP contribution in [0.2, 0.25) is 0 Å². The third-order valence-corrected chi connectivity index (χ3v) is 3.75. The first-order valence-electron chi connectivity index (χ1n) is 7.08. The molecule has 0 saturated heterocycles. The van der Waals surface area contributed by atoms with E-state index >= 15 is 0 Å². The number of carbonyl (C=O) groups excluding carboxylic acids is 1. The van der Waals surface area contributed by atoms with Gasteiger partial charge in [0.2, 0.25) is 0 Å². The lowest BCUT2D eigenvalue weighted by molar-refractivity contribution is 0.102. The first kappa shape index (κ1) is 13.6. The van der Waals surface area contributed by atoms with E-state index in [0.29, 0.717) is 5.56 Å². The normalized spacial score (nSPS) is 13.2. The van der Waals surface area contributed by atoms with E-state index < -0.39 is 5.82 Å². The van der Waals surface area contributed by atoms with Crippen LogP contribution in [0.25, 0.3) is 0 Å². The van der Waals surface area contributed by atoms with Gasteiger partial charge in [0.25, 0.3) is 5.91 Å². The topological polar surface area (TPSA) is 41.1 Å². The minimum Gasteiger partial charge on any atom is -0.385 e. The molecule has 0 radical (unpaired) electrons. The molecule has 0 spiro atoms. The second kappa shape index (κ2) is 5.56. The summed E-state index contributed by atoms with van der Waals surface area (Å²) in [6.45, 7) is 2.75. The molecule has 108 valence electrons. The van der Waals surface area contributed by atoms with E-state index in [1.54, 1.807) is 13.0 Å². The van der Waals surface area contributed by atoms with Crippen LogP contribution < -0.4 is 10.6 Å². The Morgan fingerprint density at radius 1 is 1.24 bits per heavy atom. The molecule has 0 fully saturated rings. The predicted octanol–water partition coefficient (Wildman–Crippen LogP) is 3.74. The van der Waals surface area contributed by atoms with Gasteiger partial charge < -0.3 is 10.6 Å². The van der Waals surface area contributed by atoms with Crippen LogP contribution in [0.3, 0.4) is 0 Å². The molecule has 2 aromatic carbocycles. The van der Waals surface area contributed by atoms with Crippen molar-refractivity contribution in [2.24, 2.45) is 0 Å². The highest BCUT2D eigenvalue weighted by atomic mass is 19.1. The number of amides is 1. The summed E-state index contributed by atoms with van der Waals surface area (Å²) in [5.74, 6) is -0.694. The molecule has 1 heterocycles. The zero-order valence-corrected chi connectivity index (χ0v) is 11.9. The number of carbonyl (C=O) groups is 1. The van der Waals surface area contributed by atoms with Crippen LogP contribution in [-0.2, 0) is 6.42 Å². The van der Waals surface area contributed by atoms with Gasteiger partial charge in [-0.15, -0.1) is 0 Å². The van der Waals surface area contributed by atoms with Crippen molar-refractivity contribution >= 4 is 17.3 Å². The number of anilines is 2. The van der Waals surface area contributed by atoms with Gasteiger partial charge in [-0.3, -0.25) is 4.79 Å². The number of rotatable bonds is 2. The lowest BCUT2D eigenvalue weighted by atomic mass is 10.0. The molecule has 4 heteroatoms. The fourth-order valence-corrected chi connectivity index (χ4v) is 2.58. The standard InChI is InChI=1S/C17H17FN2O/c1-11-4-6-13(18)9-15(11)17(21)20-14-7-5-12-3-2-8-19-16(12)10-14/h4-7,9-10,19H,2-3,8H2,1H3,(H,20,21). The molecule has 0 saturated carbocycles. The maximum absolute atomic E-state index is 13.3. The molecule has 2 N–H and O–H groups in total. The smallest absolute Gasteiger partial charge is 0.256 e. The van der Waals surface area contributed by atoms with Crippen molar-refractivity contribution in [1.82, 2.24) is 0 Å². The Hall–Kier alpha value is -2.36. The SMILES string of the molecule is Cc1ccc(F)cc1C(=O)Nc1ccc2c(c1)NCCC2. The first-order valence-corrected chi connectivity index (χ1v) is 7.08. The zero-order chi connectivity index (χ0) is 14.8. The minimum atomic E-state index is -0.405. The Labute approximate surface area is 123 Å². The molecular weight excluding hydrogens is 267 g/mol. The molecule has 0 atom stereocenters. The summed E-state index contributed by atoms with van der Waals surface area (Å²) in [5.41, 5.74) is 4.17. The van der Waals surface area contributed by atoms with E-state index in [0.717, 1.165) is 36.3 Å². The zero-order valence-electron chi connectivity index (χ0n) is 11.9. The molecule has 0 bridgehead atoms. The van der Waals surface area contributed by atoms with Gasteiger partial charge in [0, 0.05) is 23.5 Å². The second-order valence-electron chi connectivity index (χ2n) is 5.32. The number of benzene rings is 2. The number of halogens is 1. The van der Waals surface area contributed by atoms with Crippen molar-refractivity contribution in [3.05, 3.63) is 58.9 Å². The third-order valence-electron chi connectivity index (χ3n) is 3.75. The fraction of sp³-hybridized carbons (Fsp3) is 0.235. The molecule has 21 heavy (non-hydrogen) atoms. The monoisotopic (exact) mass is 284 g/mol. The Bertz CT molecular complexity index is 697. The van der Waals surface area contributed by atoms with E-state index in [-0.39, 0.29) is 5.91 Å². The van der Waals surface area contributed by atoms with Crippen LogP contribution in [0, 0.1) is 12.7 Å². The maximum atomic E-state index is 13.3. The van der Waals surface area contributed by atoms with Crippen LogP contribution >= 0.6 is 0 Å². The minimum absolute atomic E-state index is 0.289. The van der Waals surface area contributed by atoms with Gasteiger partial charge in [-0.05, 0) is 55.2 Å². The average molecular weight is 284 g/mol. The van der Waals surface area contributed by atoms with E-state index in [2.05, 4.69) is 10.6 Å². The van der Waals surface area contributed by atoms with Gasteiger partial charge in [-0.25, -0.2) is 4.39 Å². The van der Waals surface area contributed by atoms with Gasteiger partial charge in [0.1, 0.15) is 5.82 Å². The van der Waals surface area contributed by atoms with Gasteiger partial charge in [-0.2, -0.15) is 0 Å². The number of nitrogens with one attached hydrogen (secondary N) is 2. The number of hydrogen-bond acceptors (Lipinski definition) is 2. The molecular formula is C17H17FN2O. The molecule has 3 rings (SSSR count). The summed E-state index contributed by atoms with van der Waals surface area (Å²) in [6.07, 6.45) is 2.18. The van der Waals surface area contributed by atoms with Crippen molar-refractivity contribution < 1.29 is 9.18 Å². The highest BCUT2D eigenvalue weighted by Gasteiger charge is 2.13. The van der Waals surface area contributed by atoms with Gasteiger partial charge >= 0.3 is 0 Å². The van der Waals surface area contributed by atoms with Crippen LogP contribution in [0.15, 0.2) is 36.4 Å². The van der Waals surface area contributed by atoms with Crippen molar-refractivity contribution in [3.8, 4) is 0 Å². The fourth-order valence-electron chi connectivity index (χ4n) is 2.58. The van der Waals surface area contributed by atoms with E-state index in [9.17, 15) is 9.18 Å². The maximum Gasteiger partial charge on any atom is 0.256 e. The molecule has 0 unspecified atom stereocenters. The van der Waals surface area contributed by atoms with Crippen LogP contribution in [0.1, 0.15) is 27.9 Å². The molecule has 3 nitrogen and oxygen atoms in total. The number of hydrogen-bond donors (Lipinski definition) is 2. The summed E-state index contributed by atoms with van der Waals surface area (Å²) >= 11 is 0. The summed E-state index contributed by atoms with van der Waals surface area (Å²) < 4.78 is 13.3. The third kappa shape index (κ3) is 2.89. The average Bonchev–Trinajstić information content (AvgIpc) is 2.49. The van der Waals surface area contributed by atoms with Crippen LogP contribution in [0.5, 0.6) is 0 Å². The molecule has 0 aromatic heterocycles. The van der Waals surface area contributed by atoms with Crippen molar-refractivity contribution in [3.63, 3.8) is 0 Å². The quantitative estimate of drug-likeness (QED) is 0.882. The highest BCUT2D eigenvalue weighted by molar-refractivity contribution is 6.05. The van der Waals surface area contributed by atoms with E-state index in [4.69, 9.17) is 0 Å². The number of fused-ring (bicyclic) bond motifs is 1. The van der Waals surface area contributed by atoms with Crippen molar-refractivity contribution in [2.45, 2.75) is 19.8 Å². The Kier molecular flexibility index (Phi) is 3.60. The summed E-state index contributed by atoms with van der Waals surface area (Å²) in [6, 6.07) is 10.1. The van der Waals surface area contributed by atoms with Crippen molar-refractivity contribution in [1.29, 1.82) is 0 Å². The summed E-state index contributed by atoms with van der Waals surface area (Å²) in [7, 11) is 0. The van der Waals surface area contributed by atoms with Crippen molar-refractivity contribution in [2.75, 3.05) is 17.2 Å². The van der Waals surface area contributed by atoms with E-state index in [1.165, 1.54) is 17.7 Å². The van der Waals surface area contributed by atoms with Crippen LogP contribution in [-0.4, -0.2) is 12.5 Å². The van der Waals surface area contributed by atoms with Gasteiger partial charge in [0.15, 0.2) is 0 Å². The first-order chi connectivity index (χ1) is 10.1. The molecule has 1 amide bonds. The molecule has 0 aliphatic carbocycles. The summed E-state index contributed by atoms with van der Waals surface area (Å²) in [5, 5.41) is 6.16. The molecule has 2 aromatic rings. The van der Waals surface area contributed by atoms with Gasteiger partial charge in [-0.1, -0.05) is 12.1 Å². The molecule has 1 aliphatic rings. The highest BCUT2D eigenvalue weighted by Crippen LogP contribution is 2.25. The predicted molar refractivity (Wildman–Crippen MR) is 82.3 cm³/mol. The second-order valence-corrected chi connectivity index (χ2v) is 5.32.